The van der Waals surface area contributed by atoms with Gasteiger partial charge >= 0.3 is 0 Å². The van der Waals surface area contributed by atoms with Crippen LogP contribution in [0, 0.1) is 0 Å². The van der Waals surface area contributed by atoms with Crippen LogP contribution in [0.15, 0.2) is 47.4 Å². The standard InChI is InChI=1S/C21H26N2O4S/c1-27-20-9-5-4-8-18(20)15-22-21(24)12-13-23-28(25,26)19-11-10-16-6-2-3-7-17(16)14-19/h4-5,8-11,14,23H,2-3,6-7,12-13,15H2,1H3,(H,22,24). The van der Waals surface area contributed by atoms with Crippen LogP contribution < -0.4 is 14.8 Å². The van der Waals surface area contributed by atoms with Crippen molar-refractivity contribution in [2.75, 3.05) is 13.7 Å². The van der Waals surface area contributed by atoms with E-state index in [0.29, 0.717) is 12.3 Å². The lowest BCUT2D eigenvalue weighted by Crippen LogP contribution is -2.30. The highest BCUT2D eigenvalue weighted by molar-refractivity contribution is 7.89. The lowest BCUT2D eigenvalue weighted by molar-refractivity contribution is -0.121. The summed E-state index contributed by atoms with van der Waals surface area (Å²) in [5, 5.41) is 2.79. The Kier molecular flexibility index (Phi) is 6.70. The van der Waals surface area contributed by atoms with Gasteiger partial charge in [-0.25, -0.2) is 13.1 Å². The first-order valence-electron chi connectivity index (χ1n) is 9.49. The maximum atomic E-state index is 12.5. The van der Waals surface area contributed by atoms with Crippen LogP contribution in [0.3, 0.4) is 0 Å². The maximum absolute atomic E-state index is 12.5. The second kappa shape index (κ2) is 9.21. The van der Waals surface area contributed by atoms with Gasteiger partial charge in [-0.15, -0.1) is 0 Å². The van der Waals surface area contributed by atoms with Gasteiger partial charge in [0.25, 0.3) is 0 Å². The topological polar surface area (TPSA) is 84.5 Å². The summed E-state index contributed by atoms with van der Waals surface area (Å²) in [7, 11) is -2.04. The van der Waals surface area contributed by atoms with Crippen LogP contribution in [0.2, 0.25) is 0 Å². The van der Waals surface area contributed by atoms with E-state index < -0.39 is 10.0 Å². The minimum absolute atomic E-state index is 0.0528. The van der Waals surface area contributed by atoms with Gasteiger partial charge in [0.15, 0.2) is 0 Å². The summed E-state index contributed by atoms with van der Waals surface area (Å²) in [6.45, 7) is 0.387. The monoisotopic (exact) mass is 402 g/mol. The molecule has 0 radical (unpaired) electrons. The number of hydrogen-bond acceptors (Lipinski definition) is 4. The van der Waals surface area contributed by atoms with Crippen molar-refractivity contribution in [2.24, 2.45) is 0 Å². The fraction of sp³-hybridized carbons (Fsp3) is 0.381. The van der Waals surface area contributed by atoms with E-state index >= 15 is 0 Å². The maximum Gasteiger partial charge on any atom is 0.240 e. The van der Waals surface area contributed by atoms with Crippen LogP contribution in [0.5, 0.6) is 5.75 Å². The van der Waals surface area contributed by atoms with Crippen molar-refractivity contribution < 1.29 is 17.9 Å². The van der Waals surface area contributed by atoms with Crippen molar-refractivity contribution in [3.63, 3.8) is 0 Å². The zero-order valence-electron chi connectivity index (χ0n) is 16.0. The lowest BCUT2D eigenvalue weighted by Gasteiger charge is -2.16. The molecule has 150 valence electrons. The molecule has 0 saturated heterocycles. The zero-order valence-corrected chi connectivity index (χ0v) is 16.8. The third kappa shape index (κ3) is 5.11. The number of carbonyl (C=O) groups excluding carboxylic acids is 1. The van der Waals surface area contributed by atoms with Crippen LogP contribution in [0.1, 0.15) is 36.0 Å². The molecule has 0 atom stereocenters. The van der Waals surface area contributed by atoms with Gasteiger partial charge in [-0.3, -0.25) is 4.79 Å². The number of hydrogen-bond donors (Lipinski definition) is 2. The molecule has 2 aromatic rings. The summed E-state index contributed by atoms with van der Waals surface area (Å²) in [6.07, 6.45) is 4.25. The van der Waals surface area contributed by atoms with E-state index in [-0.39, 0.29) is 23.8 Å². The Morgan fingerprint density at radius 3 is 2.61 bits per heavy atom. The number of benzene rings is 2. The summed E-state index contributed by atoms with van der Waals surface area (Å²) in [4.78, 5) is 12.3. The third-order valence-electron chi connectivity index (χ3n) is 4.94. The van der Waals surface area contributed by atoms with Crippen LogP contribution in [0.25, 0.3) is 0 Å². The van der Waals surface area contributed by atoms with Gasteiger partial charge < -0.3 is 10.1 Å². The van der Waals surface area contributed by atoms with E-state index in [1.165, 1.54) is 5.56 Å². The number of fused-ring (bicyclic) bond motifs is 1. The van der Waals surface area contributed by atoms with E-state index in [1.807, 2.05) is 30.3 Å². The minimum atomic E-state index is -3.62. The molecule has 1 aliphatic carbocycles. The van der Waals surface area contributed by atoms with Crippen LogP contribution >= 0.6 is 0 Å². The molecule has 0 heterocycles. The number of aryl methyl sites for hydroxylation is 2. The van der Waals surface area contributed by atoms with E-state index in [4.69, 9.17) is 4.74 Å². The molecule has 0 aliphatic heterocycles. The lowest BCUT2D eigenvalue weighted by atomic mass is 9.92. The first-order valence-corrected chi connectivity index (χ1v) is 11.0. The highest BCUT2D eigenvalue weighted by atomic mass is 32.2. The largest absolute Gasteiger partial charge is 0.496 e. The van der Waals surface area contributed by atoms with E-state index in [2.05, 4.69) is 10.0 Å². The molecule has 0 aromatic heterocycles. The van der Waals surface area contributed by atoms with E-state index in [0.717, 1.165) is 36.8 Å². The summed E-state index contributed by atoms with van der Waals surface area (Å²) >= 11 is 0. The number of ether oxygens (including phenoxy) is 1. The van der Waals surface area contributed by atoms with Gasteiger partial charge in [-0.2, -0.15) is 0 Å². The summed E-state index contributed by atoms with van der Waals surface area (Å²) < 4.78 is 32.8. The Morgan fingerprint density at radius 2 is 1.82 bits per heavy atom. The Bertz CT molecular complexity index is 941. The molecule has 0 unspecified atom stereocenters. The quantitative estimate of drug-likeness (QED) is 0.711. The van der Waals surface area contributed by atoms with Crippen molar-refractivity contribution in [3.8, 4) is 5.75 Å². The fourth-order valence-electron chi connectivity index (χ4n) is 3.39. The van der Waals surface area contributed by atoms with Crippen LogP contribution in [-0.2, 0) is 34.2 Å². The molecule has 1 aliphatic rings. The molecule has 0 fully saturated rings. The molecule has 2 aromatic carbocycles. The molecule has 3 rings (SSSR count). The highest BCUT2D eigenvalue weighted by Crippen LogP contribution is 2.24. The second-order valence-corrected chi connectivity index (χ2v) is 8.64. The van der Waals surface area contributed by atoms with Crippen molar-refractivity contribution in [2.45, 2.75) is 43.5 Å². The van der Waals surface area contributed by atoms with Crippen molar-refractivity contribution in [1.82, 2.24) is 10.0 Å². The summed E-state index contributed by atoms with van der Waals surface area (Å²) in [5.74, 6) is 0.481. The fourth-order valence-corrected chi connectivity index (χ4v) is 4.47. The molecule has 7 heteroatoms. The highest BCUT2D eigenvalue weighted by Gasteiger charge is 2.17. The minimum Gasteiger partial charge on any atom is -0.496 e. The molecular weight excluding hydrogens is 376 g/mol. The number of nitrogens with one attached hydrogen (secondary N) is 2. The van der Waals surface area contributed by atoms with Gasteiger partial charge in [0.05, 0.1) is 12.0 Å². The zero-order chi connectivity index (χ0) is 20.0. The predicted molar refractivity (Wildman–Crippen MR) is 108 cm³/mol. The summed E-state index contributed by atoms with van der Waals surface area (Å²) in [5.41, 5.74) is 3.22. The van der Waals surface area contributed by atoms with E-state index in [9.17, 15) is 13.2 Å². The average molecular weight is 403 g/mol. The van der Waals surface area contributed by atoms with Gasteiger partial charge in [0, 0.05) is 25.1 Å². The Hall–Kier alpha value is -2.38. The molecule has 0 saturated carbocycles. The van der Waals surface area contributed by atoms with Crippen molar-refractivity contribution >= 4 is 15.9 Å². The SMILES string of the molecule is COc1ccccc1CNC(=O)CCNS(=O)(=O)c1ccc2c(c1)CCCC2. The van der Waals surface area contributed by atoms with Gasteiger partial charge in [0.1, 0.15) is 5.75 Å². The normalized spacial score (nSPS) is 13.6. The number of methoxy groups -OCH3 is 1. The number of carbonyl (C=O) groups is 1. The average Bonchev–Trinajstić information content (AvgIpc) is 2.72. The number of amides is 1. The molecular formula is C21H26N2O4S. The van der Waals surface area contributed by atoms with Gasteiger partial charge in [-0.1, -0.05) is 24.3 Å². The van der Waals surface area contributed by atoms with Crippen molar-refractivity contribution in [1.29, 1.82) is 0 Å². The molecule has 28 heavy (non-hydrogen) atoms. The molecule has 2 N–H and O–H groups in total. The molecule has 0 spiro atoms. The smallest absolute Gasteiger partial charge is 0.240 e. The molecule has 6 nitrogen and oxygen atoms in total. The predicted octanol–water partition coefficient (Wildman–Crippen LogP) is 2.56. The Labute approximate surface area is 166 Å². The number of sulfonamides is 1. The Balaban J connectivity index is 1.50. The summed E-state index contributed by atoms with van der Waals surface area (Å²) in [6, 6.07) is 12.7. The number of rotatable bonds is 8. The van der Waals surface area contributed by atoms with Gasteiger partial charge in [0.2, 0.25) is 15.9 Å². The molecule has 0 bridgehead atoms. The van der Waals surface area contributed by atoms with Crippen molar-refractivity contribution in [3.05, 3.63) is 59.2 Å². The van der Waals surface area contributed by atoms with E-state index in [1.54, 1.807) is 19.2 Å². The van der Waals surface area contributed by atoms with Crippen LogP contribution in [-0.4, -0.2) is 28.0 Å². The molecule has 1 amide bonds. The third-order valence-corrected chi connectivity index (χ3v) is 6.40. The first kappa shape index (κ1) is 20.4. The Morgan fingerprint density at radius 1 is 1.07 bits per heavy atom. The second-order valence-electron chi connectivity index (χ2n) is 6.87. The van der Waals surface area contributed by atoms with Gasteiger partial charge in [-0.05, 0) is 55.0 Å². The number of para-hydroxylation sites is 1. The van der Waals surface area contributed by atoms with Crippen LogP contribution in [0.4, 0.5) is 0 Å². The first-order chi connectivity index (χ1) is 13.5.